The zero-order chi connectivity index (χ0) is 23.3. The first-order valence-electron chi connectivity index (χ1n) is 9.77. The fourth-order valence-corrected chi connectivity index (χ4v) is 3.03. The number of nitrogens with zero attached hydrogens (tertiary/aromatic N) is 6. The van der Waals surface area contributed by atoms with Gasteiger partial charge in [-0.1, -0.05) is 24.8 Å². The Labute approximate surface area is 184 Å². The summed E-state index contributed by atoms with van der Waals surface area (Å²) in [4.78, 5) is 28.5. The Kier molecular flexibility index (Phi) is 6.75. The Bertz CT molecular complexity index is 1400. The topological polar surface area (TPSA) is 105 Å². The Morgan fingerprint density at radius 2 is 2.12 bits per heavy atom. The van der Waals surface area contributed by atoms with Crippen LogP contribution >= 0.6 is 0 Å². The molecule has 3 heterocycles. The Morgan fingerprint density at radius 3 is 2.81 bits per heavy atom. The number of nitrogens with one attached hydrogen (secondary N) is 1. The zero-order valence-electron chi connectivity index (χ0n) is 18.0. The number of aromatic amines is 1. The summed E-state index contributed by atoms with van der Waals surface area (Å²) in [7, 11) is 0. The highest BCUT2D eigenvalue weighted by molar-refractivity contribution is 5.70. The largest absolute Gasteiger partial charge is 0.328 e. The number of halogens is 1. The fourth-order valence-electron chi connectivity index (χ4n) is 3.03. The van der Waals surface area contributed by atoms with E-state index in [0.29, 0.717) is 33.7 Å². The molecule has 0 fully saturated rings. The SMILES string of the molecule is C=C/C=C(Cn1c(=O)[nH]c2cnc(-n3cnc(C)cc(C#N)ccc3C)nc21)\C(F)=C/C. The molecule has 0 saturated carbocycles. The molecule has 0 aliphatic heterocycles. The molecule has 0 bridgehead atoms. The van der Waals surface area contributed by atoms with E-state index in [1.54, 1.807) is 42.9 Å². The van der Waals surface area contributed by atoms with Crippen LogP contribution in [-0.2, 0) is 6.54 Å². The molecule has 0 spiro atoms. The third-order valence-electron chi connectivity index (χ3n) is 4.68. The second-order valence-corrected chi connectivity index (χ2v) is 6.93. The summed E-state index contributed by atoms with van der Waals surface area (Å²) < 4.78 is 17.2. The quantitative estimate of drug-likeness (QED) is 0.617. The predicted octanol–water partition coefficient (Wildman–Crippen LogP) is 3.90. The van der Waals surface area contributed by atoms with Gasteiger partial charge in [0.25, 0.3) is 0 Å². The number of H-pyrrole nitrogens is 1. The third-order valence-corrected chi connectivity index (χ3v) is 4.68. The van der Waals surface area contributed by atoms with E-state index in [0.717, 1.165) is 0 Å². The predicted molar refractivity (Wildman–Crippen MR) is 120 cm³/mol. The summed E-state index contributed by atoms with van der Waals surface area (Å²) in [6, 6.07) is 7.21. The average molecular weight is 431 g/mol. The van der Waals surface area contributed by atoms with E-state index in [1.807, 2.05) is 6.92 Å². The Balaban J connectivity index is 2.22. The lowest BCUT2D eigenvalue weighted by atomic mass is 10.2. The second-order valence-electron chi connectivity index (χ2n) is 6.93. The molecule has 0 amide bonds. The first-order chi connectivity index (χ1) is 15.4. The highest BCUT2D eigenvalue weighted by atomic mass is 19.1. The van der Waals surface area contributed by atoms with Crippen molar-refractivity contribution in [3.05, 3.63) is 94.4 Å². The molecule has 9 heteroatoms. The molecule has 162 valence electrons. The minimum Gasteiger partial charge on any atom is -0.303 e. The van der Waals surface area contributed by atoms with Gasteiger partial charge in [-0.3, -0.25) is 9.13 Å². The van der Waals surface area contributed by atoms with Crippen molar-refractivity contribution in [2.75, 3.05) is 0 Å². The van der Waals surface area contributed by atoms with E-state index in [9.17, 15) is 14.4 Å². The summed E-state index contributed by atoms with van der Waals surface area (Å²) in [5, 5.41) is 9.25. The van der Waals surface area contributed by atoms with Gasteiger partial charge in [-0.25, -0.2) is 19.2 Å². The fraction of sp³-hybridized carbons (Fsp3) is 0.174. The third kappa shape index (κ3) is 4.70. The van der Waals surface area contributed by atoms with Crippen LogP contribution in [0.2, 0.25) is 0 Å². The van der Waals surface area contributed by atoms with Crippen LogP contribution in [0.5, 0.6) is 0 Å². The molecule has 0 aliphatic carbocycles. The van der Waals surface area contributed by atoms with Gasteiger partial charge in [0.05, 0.1) is 24.4 Å². The van der Waals surface area contributed by atoms with Crippen molar-refractivity contribution in [3.63, 3.8) is 0 Å². The van der Waals surface area contributed by atoms with Gasteiger partial charge in [-0.2, -0.15) is 10.2 Å². The first kappa shape index (κ1) is 22.4. The van der Waals surface area contributed by atoms with Crippen LogP contribution in [0.3, 0.4) is 0 Å². The maximum absolute atomic E-state index is 14.3. The monoisotopic (exact) mass is 431 g/mol. The summed E-state index contributed by atoms with van der Waals surface area (Å²) in [5.74, 6) is -0.182. The van der Waals surface area contributed by atoms with Crippen LogP contribution in [0.4, 0.5) is 4.39 Å². The van der Waals surface area contributed by atoms with Crippen molar-refractivity contribution in [1.29, 1.82) is 5.26 Å². The normalized spacial score (nSPS) is 11.8. The van der Waals surface area contributed by atoms with E-state index < -0.39 is 11.5 Å². The number of rotatable bonds is 5. The lowest BCUT2D eigenvalue weighted by molar-refractivity contribution is 0.620. The number of hydrogen-bond donors (Lipinski definition) is 1. The van der Waals surface area contributed by atoms with Crippen molar-refractivity contribution >= 4 is 11.2 Å². The Morgan fingerprint density at radius 1 is 1.34 bits per heavy atom. The van der Waals surface area contributed by atoms with Crippen LogP contribution in [0, 0.1) is 25.2 Å². The lowest BCUT2D eigenvalue weighted by Crippen LogP contribution is -2.18. The minimum absolute atomic E-state index is 0.0312. The van der Waals surface area contributed by atoms with Gasteiger partial charge in [0, 0.05) is 17.0 Å². The van der Waals surface area contributed by atoms with Crippen LogP contribution in [0.25, 0.3) is 17.1 Å². The van der Waals surface area contributed by atoms with Gasteiger partial charge in [-0.05, 0) is 39.0 Å². The van der Waals surface area contributed by atoms with Gasteiger partial charge in [0.2, 0.25) is 5.95 Å². The lowest BCUT2D eigenvalue weighted by Gasteiger charge is -2.08. The highest BCUT2D eigenvalue weighted by Gasteiger charge is 2.14. The van der Waals surface area contributed by atoms with Gasteiger partial charge in [0.15, 0.2) is 5.65 Å². The number of aryl methyl sites for hydroxylation is 2. The van der Waals surface area contributed by atoms with Crippen LogP contribution in [-0.4, -0.2) is 29.1 Å². The molecule has 3 aromatic rings. The smallest absolute Gasteiger partial charge is 0.303 e. The zero-order valence-corrected chi connectivity index (χ0v) is 18.0. The Hall–Kier alpha value is -4.32. The molecule has 0 aliphatic rings. The van der Waals surface area contributed by atoms with Crippen LogP contribution < -0.4 is 5.69 Å². The number of aromatic nitrogens is 6. The standard InChI is InChI=1S/C23H22FN7O/c1-5-7-18(19(24)6-2)13-30-21-20(28-23(30)32)12-26-22(29-21)31-14-27-15(3)10-17(11-25)9-8-16(31)4/h5-10,12,14H,1,13H2,2-4H3,(H,28,32)/b15-10?,16-8?,17-9?,18-7-,19-6+,27-14?. The van der Waals surface area contributed by atoms with E-state index in [-0.39, 0.29) is 12.5 Å². The van der Waals surface area contributed by atoms with Crippen molar-refractivity contribution in [3.8, 4) is 12.0 Å². The van der Waals surface area contributed by atoms with E-state index in [4.69, 9.17) is 0 Å². The molecule has 3 rings (SSSR count). The average Bonchev–Trinajstić information content (AvgIpc) is 3.12. The summed E-state index contributed by atoms with van der Waals surface area (Å²) in [6.45, 7) is 8.75. The molecule has 0 aromatic carbocycles. The summed E-state index contributed by atoms with van der Waals surface area (Å²) >= 11 is 0. The molecule has 0 unspecified atom stereocenters. The number of allylic oxidation sites excluding steroid dienone is 5. The highest BCUT2D eigenvalue weighted by Crippen LogP contribution is 2.17. The number of imidazole rings is 1. The molecular formula is C23H22FN7O. The molecular weight excluding hydrogens is 409 g/mol. The van der Waals surface area contributed by atoms with Gasteiger partial charge >= 0.3 is 5.69 Å². The molecule has 8 nitrogen and oxygen atoms in total. The van der Waals surface area contributed by atoms with Gasteiger partial charge in [0.1, 0.15) is 17.7 Å². The van der Waals surface area contributed by atoms with Crippen molar-refractivity contribution in [1.82, 2.24) is 29.1 Å². The van der Waals surface area contributed by atoms with Crippen molar-refractivity contribution in [2.24, 2.45) is 0 Å². The summed E-state index contributed by atoms with van der Waals surface area (Å²) in [6.07, 6.45) is 7.34. The van der Waals surface area contributed by atoms with Crippen LogP contribution in [0.15, 0.2) is 71.7 Å². The van der Waals surface area contributed by atoms with E-state index in [1.165, 1.54) is 29.0 Å². The number of fused-ring (bicyclic) bond motifs is 1. The molecule has 3 aromatic heterocycles. The molecule has 32 heavy (non-hydrogen) atoms. The second kappa shape index (κ2) is 9.66. The molecule has 0 radical (unpaired) electrons. The maximum Gasteiger partial charge on any atom is 0.328 e. The van der Waals surface area contributed by atoms with Gasteiger partial charge in [-0.15, -0.1) is 0 Å². The van der Waals surface area contributed by atoms with Gasteiger partial charge < -0.3 is 4.98 Å². The maximum atomic E-state index is 14.3. The number of hydrogen-bond acceptors (Lipinski definition) is 5. The van der Waals surface area contributed by atoms with Crippen LogP contribution in [0.1, 0.15) is 23.9 Å². The molecule has 0 atom stereocenters. The van der Waals surface area contributed by atoms with Crippen molar-refractivity contribution < 1.29 is 4.39 Å². The first-order valence-corrected chi connectivity index (χ1v) is 9.77. The minimum atomic E-state index is -0.450. The number of nitriles is 1. The van der Waals surface area contributed by atoms with E-state index >= 15 is 0 Å². The van der Waals surface area contributed by atoms with E-state index in [2.05, 4.69) is 32.6 Å². The summed E-state index contributed by atoms with van der Waals surface area (Å²) in [5.41, 5.74) is 2.40. The molecule has 0 saturated heterocycles. The van der Waals surface area contributed by atoms with Crippen molar-refractivity contribution in [2.45, 2.75) is 27.3 Å². The molecule has 1 N–H and O–H groups in total.